The topological polar surface area (TPSA) is 79.3 Å². The van der Waals surface area contributed by atoms with Crippen molar-refractivity contribution in [2.45, 2.75) is 11.5 Å². The minimum Gasteiger partial charge on any atom is -0.392 e. The molecule has 0 spiro atoms. The molecule has 5 nitrogen and oxygen atoms in total. The van der Waals surface area contributed by atoms with Crippen molar-refractivity contribution in [1.29, 1.82) is 0 Å². The number of aliphatic hydroxyl groups excluding tert-OH is 1. The van der Waals surface area contributed by atoms with E-state index in [2.05, 4.69) is 9.71 Å². The van der Waals surface area contributed by atoms with E-state index in [1.54, 1.807) is 6.07 Å². The third-order valence-electron chi connectivity index (χ3n) is 2.38. The van der Waals surface area contributed by atoms with E-state index >= 15 is 0 Å². The minimum atomic E-state index is -4.02. The van der Waals surface area contributed by atoms with Gasteiger partial charge >= 0.3 is 0 Å². The highest BCUT2D eigenvalue weighted by Gasteiger charge is 2.19. The maximum atomic E-state index is 13.7. The highest BCUT2D eigenvalue weighted by Crippen LogP contribution is 2.19. The van der Waals surface area contributed by atoms with Crippen molar-refractivity contribution in [3.63, 3.8) is 0 Å². The first kappa shape index (κ1) is 13.4. The summed E-state index contributed by atoms with van der Waals surface area (Å²) in [4.78, 5) is 3.28. The van der Waals surface area contributed by atoms with Gasteiger partial charge in [-0.05, 0) is 29.8 Å². The van der Waals surface area contributed by atoms with Gasteiger partial charge in [-0.3, -0.25) is 9.71 Å². The summed E-state index contributed by atoms with van der Waals surface area (Å²) >= 11 is 0. The molecule has 1 aromatic heterocycles. The second-order valence-corrected chi connectivity index (χ2v) is 5.42. The molecular formula is C12H11FN2O3S. The van der Waals surface area contributed by atoms with E-state index in [0.29, 0.717) is 5.56 Å². The Hall–Kier alpha value is -1.99. The highest BCUT2D eigenvalue weighted by molar-refractivity contribution is 7.92. The first-order valence-electron chi connectivity index (χ1n) is 5.35. The van der Waals surface area contributed by atoms with E-state index in [1.807, 2.05) is 0 Å². The highest BCUT2D eigenvalue weighted by atomic mass is 32.2. The summed E-state index contributed by atoms with van der Waals surface area (Å²) in [5.74, 6) is -0.914. The van der Waals surface area contributed by atoms with Crippen LogP contribution in [0.2, 0.25) is 0 Å². The number of benzene rings is 1. The number of rotatable bonds is 4. The summed E-state index contributed by atoms with van der Waals surface area (Å²) in [6.45, 7) is -0.354. The van der Waals surface area contributed by atoms with Gasteiger partial charge in [-0.1, -0.05) is 6.07 Å². The molecule has 0 radical (unpaired) electrons. The van der Waals surface area contributed by atoms with E-state index in [1.165, 1.54) is 24.5 Å². The summed E-state index contributed by atoms with van der Waals surface area (Å²) in [6.07, 6.45) is 2.81. The summed E-state index contributed by atoms with van der Waals surface area (Å²) in [7, 11) is -4.02. The molecule has 2 N–H and O–H groups in total. The summed E-state index contributed by atoms with van der Waals surface area (Å²) in [5.41, 5.74) is 0.547. The maximum absolute atomic E-state index is 13.7. The molecule has 0 aliphatic rings. The van der Waals surface area contributed by atoms with E-state index in [9.17, 15) is 12.8 Å². The predicted molar refractivity (Wildman–Crippen MR) is 67.4 cm³/mol. The van der Waals surface area contributed by atoms with E-state index in [-0.39, 0.29) is 12.3 Å². The van der Waals surface area contributed by atoms with Crippen molar-refractivity contribution in [1.82, 2.24) is 4.98 Å². The zero-order chi connectivity index (χ0) is 13.9. The van der Waals surface area contributed by atoms with Crippen LogP contribution < -0.4 is 4.72 Å². The molecule has 0 saturated carbocycles. The molecule has 0 bridgehead atoms. The number of hydrogen-bond acceptors (Lipinski definition) is 4. The molecule has 2 aromatic rings. The number of anilines is 1. The SMILES string of the molecule is O=S(=O)(Nc1cccnc1)c1ccc(CO)cc1F. The fraction of sp³-hybridized carbons (Fsp3) is 0.0833. The molecule has 0 amide bonds. The monoisotopic (exact) mass is 282 g/mol. The molecule has 0 aliphatic heterocycles. The molecule has 1 heterocycles. The van der Waals surface area contributed by atoms with Gasteiger partial charge in [0.2, 0.25) is 0 Å². The van der Waals surface area contributed by atoms with Crippen LogP contribution in [0.3, 0.4) is 0 Å². The Bertz CT molecular complexity index is 675. The van der Waals surface area contributed by atoms with Gasteiger partial charge in [-0.2, -0.15) is 0 Å². The molecular weight excluding hydrogens is 271 g/mol. The molecule has 0 atom stereocenters. The van der Waals surface area contributed by atoms with Crippen molar-refractivity contribution in [2.24, 2.45) is 0 Å². The Labute approximate surface area is 109 Å². The van der Waals surface area contributed by atoms with Crippen LogP contribution in [-0.4, -0.2) is 18.5 Å². The number of nitrogens with zero attached hydrogens (tertiary/aromatic N) is 1. The second-order valence-electron chi connectivity index (χ2n) is 3.77. The van der Waals surface area contributed by atoms with E-state index in [4.69, 9.17) is 5.11 Å². The third-order valence-corrected chi connectivity index (χ3v) is 3.80. The molecule has 0 fully saturated rings. The largest absolute Gasteiger partial charge is 0.392 e. The summed E-state index contributed by atoms with van der Waals surface area (Å²) in [6, 6.07) is 6.51. The molecule has 19 heavy (non-hydrogen) atoms. The van der Waals surface area contributed by atoms with Crippen molar-refractivity contribution < 1.29 is 17.9 Å². The van der Waals surface area contributed by atoms with Crippen LogP contribution in [0.15, 0.2) is 47.6 Å². The average molecular weight is 282 g/mol. The van der Waals surface area contributed by atoms with Crippen LogP contribution in [0.25, 0.3) is 0 Å². The fourth-order valence-corrected chi connectivity index (χ4v) is 2.60. The van der Waals surface area contributed by atoms with Gasteiger partial charge in [0.25, 0.3) is 10.0 Å². The number of sulfonamides is 1. The Balaban J connectivity index is 2.35. The summed E-state index contributed by atoms with van der Waals surface area (Å²) in [5, 5.41) is 8.85. The lowest BCUT2D eigenvalue weighted by atomic mass is 10.2. The predicted octanol–water partition coefficient (Wildman–Crippen LogP) is 1.51. The smallest absolute Gasteiger partial charge is 0.264 e. The van der Waals surface area contributed by atoms with Crippen LogP contribution in [0.5, 0.6) is 0 Å². The van der Waals surface area contributed by atoms with Crippen molar-refractivity contribution in [3.05, 3.63) is 54.1 Å². The molecule has 0 unspecified atom stereocenters. The van der Waals surface area contributed by atoms with Crippen LogP contribution in [0, 0.1) is 5.82 Å². The van der Waals surface area contributed by atoms with Crippen molar-refractivity contribution in [2.75, 3.05) is 4.72 Å². The number of pyridine rings is 1. The zero-order valence-corrected chi connectivity index (χ0v) is 10.6. The molecule has 1 aromatic carbocycles. The standard InChI is InChI=1S/C12H11FN2O3S/c13-11-6-9(8-16)3-4-12(11)19(17,18)15-10-2-1-5-14-7-10/h1-7,15-16H,8H2. The number of halogens is 1. The number of hydrogen-bond donors (Lipinski definition) is 2. The Kier molecular flexibility index (Phi) is 3.77. The lowest BCUT2D eigenvalue weighted by Gasteiger charge is -2.09. The maximum Gasteiger partial charge on any atom is 0.264 e. The quantitative estimate of drug-likeness (QED) is 0.891. The van der Waals surface area contributed by atoms with Gasteiger partial charge in [0.15, 0.2) is 0 Å². The number of aromatic nitrogens is 1. The van der Waals surface area contributed by atoms with Crippen molar-refractivity contribution >= 4 is 15.7 Å². The lowest BCUT2D eigenvalue weighted by molar-refractivity contribution is 0.281. The van der Waals surface area contributed by atoms with E-state index < -0.39 is 20.7 Å². The number of aliphatic hydroxyl groups is 1. The van der Waals surface area contributed by atoms with Gasteiger partial charge < -0.3 is 5.11 Å². The van der Waals surface area contributed by atoms with Gasteiger partial charge in [-0.15, -0.1) is 0 Å². The Morgan fingerprint density at radius 3 is 2.68 bits per heavy atom. The molecule has 7 heteroatoms. The van der Waals surface area contributed by atoms with Crippen LogP contribution in [0.1, 0.15) is 5.56 Å². The zero-order valence-electron chi connectivity index (χ0n) is 9.75. The fourth-order valence-electron chi connectivity index (χ4n) is 1.49. The van der Waals surface area contributed by atoms with E-state index in [0.717, 1.165) is 12.1 Å². The van der Waals surface area contributed by atoms with Crippen LogP contribution in [-0.2, 0) is 16.6 Å². The van der Waals surface area contributed by atoms with Crippen molar-refractivity contribution in [3.8, 4) is 0 Å². The van der Waals surface area contributed by atoms with Crippen LogP contribution in [0.4, 0.5) is 10.1 Å². The lowest BCUT2D eigenvalue weighted by Crippen LogP contribution is -2.14. The van der Waals surface area contributed by atoms with Gasteiger partial charge in [0.1, 0.15) is 10.7 Å². The Morgan fingerprint density at radius 1 is 1.32 bits per heavy atom. The average Bonchev–Trinajstić information content (AvgIpc) is 2.38. The first-order chi connectivity index (χ1) is 9.03. The molecule has 0 saturated heterocycles. The molecule has 100 valence electrons. The van der Waals surface area contributed by atoms with Gasteiger partial charge in [-0.25, -0.2) is 12.8 Å². The molecule has 0 aliphatic carbocycles. The first-order valence-corrected chi connectivity index (χ1v) is 6.83. The third kappa shape index (κ3) is 3.07. The normalized spacial score (nSPS) is 11.3. The molecule has 2 rings (SSSR count). The van der Waals surface area contributed by atoms with Gasteiger partial charge in [0.05, 0.1) is 18.5 Å². The van der Waals surface area contributed by atoms with Crippen LogP contribution >= 0.6 is 0 Å². The number of nitrogens with one attached hydrogen (secondary N) is 1. The van der Waals surface area contributed by atoms with Gasteiger partial charge in [0, 0.05) is 6.20 Å². The minimum absolute atomic E-state index is 0.244. The summed E-state index contributed by atoms with van der Waals surface area (Å²) < 4.78 is 39.9. The second kappa shape index (κ2) is 5.33. The Morgan fingerprint density at radius 2 is 2.11 bits per heavy atom.